The molecule has 0 saturated carbocycles. The summed E-state index contributed by atoms with van der Waals surface area (Å²) in [6.45, 7) is -0.660. The van der Waals surface area contributed by atoms with Crippen LogP contribution in [-0.4, -0.2) is 30.1 Å². The van der Waals surface area contributed by atoms with Crippen LogP contribution in [-0.2, 0) is 4.79 Å². The van der Waals surface area contributed by atoms with Gasteiger partial charge in [0.2, 0.25) is 0 Å². The summed E-state index contributed by atoms with van der Waals surface area (Å²) in [4.78, 5) is 10.1. The normalized spacial score (nSPS) is 27.6. The van der Waals surface area contributed by atoms with Gasteiger partial charge in [-0.2, -0.15) is 0 Å². The summed E-state index contributed by atoms with van der Waals surface area (Å²) < 4.78 is 24.8. The second kappa shape index (κ2) is 3.32. The molecule has 1 rings (SSSR count). The third kappa shape index (κ3) is 2.00. The van der Waals surface area contributed by atoms with Crippen LogP contribution in [0.25, 0.3) is 0 Å². The van der Waals surface area contributed by atoms with E-state index in [4.69, 9.17) is 5.11 Å². The van der Waals surface area contributed by atoms with Crippen molar-refractivity contribution in [3.63, 3.8) is 0 Å². The van der Waals surface area contributed by atoms with E-state index in [1.807, 2.05) is 0 Å². The number of aliphatic carboxylic acids is 1. The first-order valence-electron chi connectivity index (χ1n) is 2.85. The first-order valence-corrected chi connectivity index (χ1v) is 2.85. The Morgan fingerprint density at radius 2 is 2.18 bits per heavy atom. The first-order chi connectivity index (χ1) is 4.54. The van der Waals surface area contributed by atoms with E-state index in [1.165, 1.54) is 0 Å². The van der Waals surface area contributed by atoms with Crippen molar-refractivity contribution in [1.29, 1.82) is 0 Å². The SMILES string of the molecule is Cl.O=C(O)C1CNCC1(F)F. The first kappa shape index (κ1) is 10.6. The lowest BCUT2D eigenvalue weighted by molar-refractivity contribution is -0.151. The topological polar surface area (TPSA) is 49.3 Å². The summed E-state index contributed by atoms with van der Waals surface area (Å²) in [5.41, 5.74) is 0. The number of carboxylic acids is 1. The van der Waals surface area contributed by atoms with Gasteiger partial charge in [-0.3, -0.25) is 4.79 Å². The van der Waals surface area contributed by atoms with E-state index in [0.717, 1.165) is 0 Å². The molecule has 6 heteroatoms. The number of carbonyl (C=O) groups is 1. The van der Waals surface area contributed by atoms with Crippen molar-refractivity contribution < 1.29 is 18.7 Å². The maximum Gasteiger partial charge on any atom is 0.314 e. The second-order valence-electron chi connectivity index (χ2n) is 2.28. The van der Waals surface area contributed by atoms with E-state index >= 15 is 0 Å². The fourth-order valence-corrected chi connectivity index (χ4v) is 0.924. The van der Waals surface area contributed by atoms with Crippen LogP contribution in [0.4, 0.5) is 8.78 Å². The van der Waals surface area contributed by atoms with Gasteiger partial charge in [0, 0.05) is 6.54 Å². The van der Waals surface area contributed by atoms with Gasteiger partial charge in [-0.1, -0.05) is 0 Å². The zero-order chi connectivity index (χ0) is 7.78. The number of halogens is 3. The summed E-state index contributed by atoms with van der Waals surface area (Å²) in [5, 5.41) is 10.5. The summed E-state index contributed by atoms with van der Waals surface area (Å²) >= 11 is 0. The molecule has 0 aromatic heterocycles. The van der Waals surface area contributed by atoms with E-state index in [1.54, 1.807) is 0 Å². The van der Waals surface area contributed by atoms with Crippen molar-refractivity contribution >= 4 is 18.4 Å². The van der Waals surface area contributed by atoms with Crippen LogP contribution in [0.3, 0.4) is 0 Å². The van der Waals surface area contributed by atoms with Crippen molar-refractivity contribution in [3.8, 4) is 0 Å². The molecule has 0 aromatic rings. The number of hydrogen-bond donors (Lipinski definition) is 2. The number of rotatable bonds is 1. The Hall–Kier alpha value is -0.420. The lowest BCUT2D eigenvalue weighted by Crippen LogP contribution is -2.32. The predicted octanol–water partition coefficient (Wildman–Crippen LogP) is 0.347. The van der Waals surface area contributed by atoms with Gasteiger partial charge >= 0.3 is 5.97 Å². The molecule has 0 aliphatic carbocycles. The molecular weight excluding hydrogens is 180 g/mol. The molecule has 0 radical (unpaired) electrons. The quantitative estimate of drug-likeness (QED) is 0.623. The van der Waals surface area contributed by atoms with Crippen molar-refractivity contribution in [1.82, 2.24) is 5.32 Å². The summed E-state index contributed by atoms with van der Waals surface area (Å²) in [7, 11) is 0. The highest BCUT2D eigenvalue weighted by Crippen LogP contribution is 2.27. The lowest BCUT2D eigenvalue weighted by Gasteiger charge is -2.11. The Labute approximate surface area is 68.2 Å². The number of nitrogens with one attached hydrogen (secondary N) is 1. The van der Waals surface area contributed by atoms with Gasteiger partial charge in [0.1, 0.15) is 5.92 Å². The van der Waals surface area contributed by atoms with Crippen molar-refractivity contribution in [3.05, 3.63) is 0 Å². The van der Waals surface area contributed by atoms with Gasteiger partial charge in [-0.15, -0.1) is 12.4 Å². The Kier molecular flexibility index (Phi) is 3.19. The fraction of sp³-hybridized carbons (Fsp3) is 0.800. The van der Waals surface area contributed by atoms with Gasteiger partial charge < -0.3 is 10.4 Å². The molecule has 1 aliphatic rings. The molecule has 2 N–H and O–H groups in total. The lowest BCUT2D eigenvalue weighted by atomic mass is 10.1. The number of carboxylic acid groups (broad SMARTS) is 1. The fourth-order valence-electron chi connectivity index (χ4n) is 0.924. The van der Waals surface area contributed by atoms with Crippen LogP contribution < -0.4 is 5.32 Å². The average Bonchev–Trinajstić information content (AvgIpc) is 2.08. The summed E-state index contributed by atoms with van der Waals surface area (Å²) in [6.07, 6.45) is 0. The largest absolute Gasteiger partial charge is 0.481 e. The third-order valence-electron chi connectivity index (χ3n) is 1.52. The summed E-state index contributed by atoms with van der Waals surface area (Å²) in [6, 6.07) is 0. The van der Waals surface area contributed by atoms with Gasteiger partial charge in [-0.25, -0.2) is 8.78 Å². The Morgan fingerprint density at radius 1 is 1.64 bits per heavy atom. The van der Waals surface area contributed by atoms with Gasteiger partial charge in [0.05, 0.1) is 6.54 Å². The van der Waals surface area contributed by atoms with Crippen LogP contribution in [0.1, 0.15) is 0 Å². The molecule has 11 heavy (non-hydrogen) atoms. The molecule has 0 aromatic carbocycles. The number of hydrogen-bond acceptors (Lipinski definition) is 2. The van der Waals surface area contributed by atoms with Crippen LogP contribution in [0.15, 0.2) is 0 Å². The Bertz CT molecular complexity index is 165. The molecule has 0 spiro atoms. The molecule has 66 valence electrons. The van der Waals surface area contributed by atoms with E-state index in [-0.39, 0.29) is 19.0 Å². The zero-order valence-electron chi connectivity index (χ0n) is 5.51. The molecule has 1 aliphatic heterocycles. The van der Waals surface area contributed by atoms with Crippen LogP contribution in [0.2, 0.25) is 0 Å². The van der Waals surface area contributed by atoms with Gasteiger partial charge in [0.25, 0.3) is 5.92 Å². The molecule has 1 saturated heterocycles. The van der Waals surface area contributed by atoms with E-state index in [0.29, 0.717) is 0 Å². The maximum absolute atomic E-state index is 12.4. The zero-order valence-corrected chi connectivity index (χ0v) is 6.33. The van der Waals surface area contributed by atoms with Crippen LogP contribution in [0, 0.1) is 5.92 Å². The highest BCUT2D eigenvalue weighted by molar-refractivity contribution is 5.85. The third-order valence-corrected chi connectivity index (χ3v) is 1.52. The molecular formula is C5H8ClF2NO2. The van der Waals surface area contributed by atoms with Gasteiger partial charge in [0.15, 0.2) is 0 Å². The predicted molar refractivity (Wildman–Crippen MR) is 36.2 cm³/mol. The van der Waals surface area contributed by atoms with Crippen LogP contribution >= 0.6 is 12.4 Å². The Morgan fingerprint density at radius 3 is 2.36 bits per heavy atom. The number of alkyl halides is 2. The molecule has 1 unspecified atom stereocenters. The highest BCUT2D eigenvalue weighted by Gasteiger charge is 2.48. The highest BCUT2D eigenvalue weighted by atomic mass is 35.5. The molecule has 1 atom stereocenters. The van der Waals surface area contributed by atoms with E-state index in [9.17, 15) is 13.6 Å². The average molecular weight is 188 g/mol. The van der Waals surface area contributed by atoms with Crippen LogP contribution in [0.5, 0.6) is 0 Å². The van der Waals surface area contributed by atoms with E-state index in [2.05, 4.69) is 5.32 Å². The molecule has 1 fully saturated rings. The standard InChI is InChI=1S/C5H7F2NO2.ClH/c6-5(7)2-8-1-3(5)4(9)10;/h3,8H,1-2H2,(H,9,10);1H. The van der Waals surface area contributed by atoms with E-state index < -0.39 is 24.4 Å². The monoisotopic (exact) mass is 187 g/mol. The molecule has 1 heterocycles. The smallest absolute Gasteiger partial charge is 0.314 e. The molecule has 3 nitrogen and oxygen atoms in total. The van der Waals surface area contributed by atoms with Gasteiger partial charge in [-0.05, 0) is 0 Å². The maximum atomic E-state index is 12.4. The second-order valence-corrected chi connectivity index (χ2v) is 2.28. The Balaban J connectivity index is 0.000001000. The van der Waals surface area contributed by atoms with Crippen molar-refractivity contribution in [2.75, 3.05) is 13.1 Å². The molecule has 0 amide bonds. The minimum absolute atomic E-state index is 0. The minimum Gasteiger partial charge on any atom is -0.481 e. The summed E-state index contributed by atoms with van der Waals surface area (Å²) in [5.74, 6) is -6.06. The minimum atomic E-state index is -3.08. The van der Waals surface area contributed by atoms with Crippen molar-refractivity contribution in [2.45, 2.75) is 5.92 Å². The molecule has 0 bridgehead atoms. The van der Waals surface area contributed by atoms with Crippen molar-refractivity contribution in [2.24, 2.45) is 5.92 Å².